The highest BCUT2D eigenvalue weighted by molar-refractivity contribution is 5.93. The van der Waals surface area contributed by atoms with Crippen LogP contribution in [0.4, 0.5) is 4.39 Å². The Kier molecular flexibility index (Phi) is 4.34. The zero-order valence-corrected chi connectivity index (χ0v) is 13.8. The number of rotatable bonds is 5. The molecule has 0 aliphatic carbocycles. The molecular formula is C21H19FN2O. The Balaban J connectivity index is 1.52. The second-order valence-electron chi connectivity index (χ2n) is 6.20. The summed E-state index contributed by atoms with van der Waals surface area (Å²) >= 11 is 0. The summed E-state index contributed by atoms with van der Waals surface area (Å²) in [7, 11) is 0. The number of aliphatic imine (C=N–C) groups is 1. The highest BCUT2D eigenvalue weighted by Gasteiger charge is 2.22. The monoisotopic (exact) mass is 334 g/mol. The van der Waals surface area contributed by atoms with Gasteiger partial charge in [-0.2, -0.15) is 0 Å². The van der Waals surface area contributed by atoms with Gasteiger partial charge in [0, 0.05) is 11.8 Å². The lowest BCUT2D eigenvalue weighted by molar-refractivity contribution is 0.315. The normalized spacial score (nSPS) is 16.5. The Morgan fingerprint density at radius 1 is 1.00 bits per heavy atom. The van der Waals surface area contributed by atoms with Crippen LogP contribution in [-0.2, 0) is 17.7 Å². The Bertz CT molecular complexity index is 886. The van der Waals surface area contributed by atoms with Crippen LogP contribution in [0.2, 0.25) is 0 Å². The van der Waals surface area contributed by atoms with E-state index in [1.54, 1.807) is 12.1 Å². The SMILES string of the molecule is Fc1ccccc1Cn1cccc1C1=N[C@H](Cc2ccccc2)CO1. The number of benzene rings is 2. The van der Waals surface area contributed by atoms with Gasteiger partial charge in [0.1, 0.15) is 18.1 Å². The van der Waals surface area contributed by atoms with Crippen molar-refractivity contribution >= 4 is 5.90 Å². The van der Waals surface area contributed by atoms with Crippen LogP contribution in [0.15, 0.2) is 77.9 Å². The van der Waals surface area contributed by atoms with Gasteiger partial charge in [-0.3, -0.25) is 0 Å². The van der Waals surface area contributed by atoms with Crippen molar-refractivity contribution in [2.75, 3.05) is 6.61 Å². The Morgan fingerprint density at radius 2 is 1.80 bits per heavy atom. The van der Waals surface area contributed by atoms with Gasteiger partial charge < -0.3 is 9.30 Å². The average molecular weight is 334 g/mol. The minimum atomic E-state index is -0.196. The summed E-state index contributed by atoms with van der Waals surface area (Å²) in [6.07, 6.45) is 2.79. The van der Waals surface area contributed by atoms with Crippen molar-refractivity contribution in [3.8, 4) is 0 Å². The van der Waals surface area contributed by atoms with Crippen LogP contribution < -0.4 is 0 Å². The van der Waals surface area contributed by atoms with Crippen LogP contribution in [0.3, 0.4) is 0 Å². The van der Waals surface area contributed by atoms with Gasteiger partial charge in [0.25, 0.3) is 0 Å². The second kappa shape index (κ2) is 6.93. The molecule has 0 N–H and O–H groups in total. The zero-order chi connectivity index (χ0) is 17.1. The summed E-state index contributed by atoms with van der Waals surface area (Å²) in [5.41, 5.74) is 2.79. The van der Waals surface area contributed by atoms with E-state index in [0.717, 1.165) is 12.1 Å². The van der Waals surface area contributed by atoms with E-state index in [-0.39, 0.29) is 11.9 Å². The van der Waals surface area contributed by atoms with Gasteiger partial charge in [0.05, 0.1) is 12.6 Å². The van der Waals surface area contributed by atoms with Crippen LogP contribution in [0, 0.1) is 5.82 Å². The van der Waals surface area contributed by atoms with Crippen molar-refractivity contribution in [2.45, 2.75) is 19.0 Å². The number of ether oxygens (including phenoxy) is 1. The molecule has 0 radical (unpaired) electrons. The molecule has 1 aromatic heterocycles. The fourth-order valence-electron chi connectivity index (χ4n) is 3.10. The van der Waals surface area contributed by atoms with E-state index in [2.05, 4.69) is 12.1 Å². The highest BCUT2D eigenvalue weighted by atomic mass is 19.1. The lowest BCUT2D eigenvalue weighted by Gasteiger charge is -2.09. The topological polar surface area (TPSA) is 26.5 Å². The van der Waals surface area contributed by atoms with Crippen LogP contribution in [0.25, 0.3) is 0 Å². The van der Waals surface area contributed by atoms with Crippen molar-refractivity contribution in [2.24, 2.45) is 4.99 Å². The Hall–Kier alpha value is -2.88. The number of aromatic nitrogens is 1. The third kappa shape index (κ3) is 3.48. The summed E-state index contributed by atoms with van der Waals surface area (Å²) in [6.45, 7) is 1.04. The van der Waals surface area contributed by atoms with Crippen molar-refractivity contribution in [1.29, 1.82) is 0 Å². The standard InChI is InChI=1S/C21H19FN2O/c22-19-10-5-4-9-17(19)14-24-12-6-11-20(24)21-23-18(15-25-21)13-16-7-2-1-3-8-16/h1-12,18H,13-15H2/t18-/m1/s1. The van der Waals surface area contributed by atoms with Crippen LogP contribution in [0.5, 0.6) is 0 Å². The molecule has 1 atom stereocenters. The average Bonchev–Trinajstić information content (AvgIpc) is 3.27. The molecule has 2 aromatic carbocycles. The van der Waals surface area contributed by atoms with Gasteiger partial charge in [-0.05, 0) is 30.2 Å². The molecule has 3 aromatic rings. The van der Waals surface area contributed by atoms with Gasteiger partial charge in [0.2, 0.25) is 5.90 Å². The smallest absolute Gasteiger partial charge is 0.233 e. The van der Waals surface area contributed by atoms with Gasteiger partial charge >= 0.3 is 0 Å². The maximum absolute atomic E-state index is 13.9. The molecule has 126 valence electrons. The molecule has 2 heterocycles. The van der Waals surface area contributed by atoms with E-state index in [1.165, 1.54) is 11.6 Å². The predicted octanol–water partition coefficient (Wildman–Crippen LogP) is 4.06. The first kappa shape index (κ1) is 15.6. The molecular weight excluding hydrogens is 315 g/mol. The van der Waals surface area contributed by atoms with Gasteiger partial charge in [0.15, 0.2) is 0 Å². The maximum atomic E-state index is 13.9. The predicted molar refractivity (Wildman–Crippen MR) is 96.4 cm³/mol. The van der Waals surface area contributed by atoms with E-state index in [0.29, 0.717) is 24.6 Å². The number of hydrogen-bond acceptors (Lipinski definition) is 2. The molecule has 0 saturated heterocycles. The molecule has 0 bridgehead atoms. The third-order valence-electron chi connectivity index (χ3n) is 4.37. The zero-order valence-electron chi connectivity index (χ0n) is 13.8. The lowest BCUT2D eigenvalue weighted by Crippen LogP contribution is -2.11. The summed E-state index contributed by atoms with van der Waals surface area (Å²) in [4.78, 5) is 4.73. The van der Waals surface area contributed by atoms with Gasteiger partial charge in [-0.25, -0.2) is 9.38 Å². The first-order valence-electron chi connectivity index (χ1n) is 8.43. The Morgan fingerprint density at radius 3 is 2.64 bits per heavy atom. The molecule has 0 amide bonds. The second-order valence-corrected chi connectivity index (χ2v) is 6.20. The molecule has 25 heavy (non-hydrogen) atoms. The summed E-state index contributed by atoms with van der Waals surface area (Å²) in [5, 5.41) is 0. The first-order chi connectivity index (χ1) is 12.3. The molecule has 3 nitrogen and oxygen atoms in total. The molecule has 0 unspecified atom stereocenters. The minimum Gasteiger partial charge on any atom is -0.474 e. The molecule has 4 heteroatoms. The third-order valence-corrected chi connectivity index (χ3v) is 4.37. The lowest BCUT2D eigenvalue weighted by atomic mass is 10.1. The molecule has 1 aliphatic rings. The Labute approximate surface area is 146 Å². The van der Waals surface area contributed by atoms with Crippen molar-refractivity contribution in [3.05, 3.63) is 95.6 Å². The molecule has 0 spiro atoms. The summed E-state index contributed by atoms with van der Waals surface area (Å²) in [6, 6.07) is 21.2. The minimum absolute atomic E-state index is 0.120. The number of hydrogen-bond donors (Lipinski definition) is 0. The van der Waals surface area contributed by atoms with E-state index in [1.807, 2.05) is 47.2 Å². The van der Waals surface area contributed by atoms with Crippen molar-refractivity contribution < 1.29 is 9.13 Å². The van der Waals surface area contributed by atoms with E-state index >= 15 is 0 Å². The molecule has 4 rings (SSSR count). The van der Waals surface area contributed by atoms with E-state index in [4.69, 9.17) is 9.73 Å². The van der Waals surface area contributed by atoms with Crippen LogP contribution >= 0.6 is 0 Å². The van der Waals surface area contributed by atoms with E-state index in [9.17, 15) is 4.39 Å². The molecule has 0 saturated carbocycles. The van der Waals surface area contributed by atoms with Crippen molar-refractivity contribution in [3.63, 3.8) is 0 Å². The number of halogens is 1. The van der Waals surface area contributed by atoms with Gasteiger partial charge in [-0.15, -0.1) is 0 Å². The summed E-state index contributed by atoms with van der Waals surface area (Å²) < 4.78 is 21.7. The van der Waals surface area contributed by atoms with E-state index < -0.39 is 0 Å². The fourth-order valence-corrected chi connectivity index (χ4v) is 3.10. The van der Waals surface area contributed by atoms with Crippen molar-refractivity contribution in [1.82, 2.24) is 4.57 Å². The molecule has 1 aliphatic heterocycles. The quantitative estimate of drug-likeness (QED) is 0.691. The van der Waals surface area contributed by atoms with Crippen LogP contribution in [-0.4, -0.2) is 23.1 Å². The van der Waals surface area contributed by atoms with Crippen LogP contribution in [0.1, 0.15) is 16.8 Å². The highest BCUT2D eigenvalue weighted by Crippen LogP contribution is 2.18. The fraction of sp³-hybridized carbons (Fsp3) is 0.190. The number of nitrogens with zero attached hydrogens (tertiary/aromatic N) is 2. The van der Waals surface area contributed by atoms with Gasteiger partial charge in [-0.1, -0.05) is 48.5 Å². The maximum Gasteiger partial charge on any atom is 0.233 e. The summed E-state index contributed by atoms with van der Waals surface area (Å²) in [5.74, 6) is 0.445. The molecule has 0 fully saturated rings. The largest absolute Gasteiger partial charge is 0.474 e. The first-order valence-corrected chi connectivity index (χ1v) is 8.43.